The molecule has 0 aromatic rings. The number of unbranched alkanes of at least 4 members (excludes halogenated alkanes) is 8. The molecule has 0 radical (unpaired) electrons. The van der Waals surface area contributed by atoms with Gasteiger partial charge in [0, 0.05) is 6.42 Å². The lowest BCUT2D eigenvalue weighted by atomic mass is 10.1. The summed E-state index contributed by atoms with van der Waals surface area (Å²) in [6, 6.07) is 0. The highest BCUT2D eigenvalue weighted by atomic mass is 31.2. The number of nitrogens with zero attached hydrogens (tertiary/aromatic N) is 1. The van der Waals surface area contributed by atoms with E-state index >= 15 is 0 Å². The summed E-state index contributed by atoms with van der Waals surface area (Å²) in [5, 5.41) is 9.82. The minimum Gasteiger partial charge on any atom is -0.463 e. The standard InChI is InChI=1S/C26H50NO7P/c1-5-6-7-8-9-10-11-12-13-14-15-16-17-18-19-20-26(29)32-23-25(28)24-34-35(30,31)33-22-21-27(2,3)4/h9-10,12-13,25,28H,5-8,11,14-24H2,1-4H3/p+1/b10-9-,13-12-/t25-/m1/s1. The molecule has 0 saturated heterocycles. The largest absolute Gasteiger partial charge is 0.472 e. The van der Waals surface area contributed by atoms with Crippen molar-refractivity contribution in [2.24, 2.45) is 0 Å². The van der Waals surface area contributed by atoms with Crippen molar-refractivity contribution in [3.05, 3.63) is 24.3 Å². The summed E-state index contributed by atoms with van der Waals surface area (Å²) in [7, 11) is 1.55. The summed E-state index contributed by atoms with van der Waals surface area (Å²) in [4.78, 5) is 21.4. The van der Waals surface area contributed by atoms with Gasteiger partial charge in [-0.15, -0.1) is 0 Å². The predicted molar refractivity (Wildman–Crippen MR) is 141 cm³/mol. The molecule has 8 nitrogen and oxygen atoms in total. The third kappa shape index (κ3) is 25.9. The lowest BCUT2D eigenvalue weighted by Gasteiger charge is -2.24. The van der Waals surface area contributed by atoms with Crippen LogP contribution < -0.4 is 0 Å². The second-order valence-electron chi connectivity index (χ2n) is 9.93. The second-order valence-corrected chi connectivity index (χ2v) is 11.4. The van der Waals surface area contributed by atoms with Gasteiger partial charge in [0.05, 0.1) is 27.7 Å². The van der Waals surface area contributed by atoms with Gasteiger partial charge >= 0.3 is 13.8 Å². The number of aliphatic hydroxyl groups excluding tert-OH is 1. The van der Waals surface area contributed by atoms with Crippen LogP contribution in [-0.2, 0) is 23.1 Å². The zero-order valence-electron chi connectivity index (χ0n) is 22.5. The zero-order valence-corrected chi connectivity index (χ0v) is 23.4. The molecule has 0 amide bonds. The van der Waals surface area contributed by atoms with E-state index in [0.29, 0.717) is 17.4 Å². The molecule has 0 spiro atoms. The number of likely N-dealkylation sites (N-methyl/N-ethyl adjacent to an activating group) is 1. The first kappa shape index (κ1) is 34.0. The van der Waals surface area contributed by atoms with Crippen LogP contribution in [0.2, 0.25) is 0 Å². The highest BCUT2D eigenvalue weighted by molar-refractivity contribution is 7.47. The van der Waals surface area contributed by atoms with Gasteiger partial charge in [-0.3, -0.25) is 13.8 Å². The Morgan fingerprint density at radius 3 is 2.11 bits per heavy atom. The molecule has 0 aliphatic heterocycles. The maximum atomic E-state index is 11.8. The van der Waals surface area contributed by atoms with Crippen LogP contribution in [0, 0.1) is 0 Å². The van der Waals surface area contributed by atoms with Gasteiger partial charge in [-0.05, 0) is 38.5 Å². The van der Waals surface area contributed by atoms with Crippen molar-refractivity contribution < 1.29 is 37.6 Å². The van der Waals surface area contributed by atoms with Crippen LogP contribution in [0.5, 0.6) is 0 Å². The number of rotatable bonds is 23. The number of quaternary nitrogens is 1. The maximum Gasteiger partial charge on any atom is 0.472 e. The van der Waals surface area contributed by atoms with Gasteiger partial charge in [0.2, 0.25) is 0 Å². The Kier molecular flexibility index (Phi) is 20.5. The molecule has 206 valence electrons. The maximum absolute atomic E-state index is 11.8. The molecule has 9 heteroatoms. The number of aliphatic hydroxyl groups is 1. The van der Waals surface area contributed by atoms with Gasteiger partial charge in [0.25, 0.3) is 0 Å². The van der Waals surface area contributed by atoms with E-state index < -0.39 is 20.5 Å². The molecular weight excluding hydrogens is 469 g/mol. The Bertz CT molecular complexity index is 632. The van der Waals surface area contributed by atoms with Gasteiger partial charge in [0.15, 0.2) is 0 Å². The normalized spacial score (nSPS) is 15.0. The molecule has 2 atom stereocenters. The molecular formula is C26H51NO7P+. The molecule has 2 N–H and O–H groups in total. The average molecular weight is 521 g/mol. The third-order valence-corrected chi connectivity index (χ3v) is 6.20. The third-order valence-electron chi connectivity index (χ3n) is 5.21. The number of hydrogen-bond acceptors (Lipinski definition) is 6. The highest BCUT2D eigenvalue weighted by Crippen LogP contribution is 2.43. The average Bonchev–Trinajstić information content (AvgIpc) is 2.78. The van der Waals surface area contributed by atoms with E-state index in [9.17, 15) is 19.4 Å². The van der Waals surface area contributed by atoms with E-state index in [4.69, 9.17) is 13.8 Å². The lowest BCUT2D eigenvalue weighted by Crippen LogP contribution is -2.37. The van der Waals surface area contributed by atoms with E-state index in [2.05, 4.69) is 31.2 Å². The number of carbonyl (C=O) groups is 1. The molecule has 0 heterocycles. The summed E-state index contributed by atoms with van der Waals surface area (Å²) in [5.74, 6) is -0.388. The highest BCUT2D eigenvalue weighted by Gasteiger charge is 2.24. The van der Waals surface area contributed by atoms with Gasteiger partial charge in [-0.1, -0.05) is 63.3 Å². The first-order chi connectivity index (χ1) is 16.6. The molecule has 1 unspecified atom stereocenters. The van der Waals surface area contributed by atoms with Crippen molar-refractivity contribution in [3.8, 4) is 0 Å². The quantitative estimate of drug-likeness (QED) is 0.0599. The van der Waals surface area contributed by atoms with E-state index in [1.54, 1.807) is 0 Å². The summed E-state index contributed by atoms with van der Waals surface area (Å²) in [6.45, 7) is 2.07. The van der Waals surface area contributed by atoms with Crippen LogP contribution in [0.3, 0.4) is 0 Å². The van der Waals surface area contributed by atoms with E-state index in [0.717, 1.165) is 44.9 Å². The number of phosphoric ester groups is 1. The van der Waals surface area contributed by atoms with Crippen LogP contribution in [0.25, 0.3) is 0 Å². The fraction of sp³-hybridized carbons (Fsp3) is 0.808. The van der Waals surface area contributed by atoms with Gasteiger partial charge < -0.3 is 19.2 Å². The first-order valence-corrected chi connectivity index (χ1v) is 14.6. The summed E-state index contributed by atoms with van der Waals surface area (Å²) >= 11 is 0. The van der Waals surface area contributed by atoms with Crippen LogP contribution in [0.15, 0.2) is 24.3 Å². The summed E-state index contributed by atoms with van der Waals surface area (Å²) in [6.07, 6.45) is 20.3. The number of carbonyl (C=O) groups excluding carboxylic acids is 1. The van der Waals surface area contributed by atoms with Crippen molar-refractivity contribution >= 4 is 13.8 Å². The number of allylic oxidation sites excluding steroid dienone is 4. The zero-order chi connectivity index (χ0) is 26.4. The molecule has 0 aromatic carbocycles. The van der Waals surface area contributed by atoms with Crippen LogP contribution in [0.1, 0.15) is 84.0 Å². The Morgan fingerprint density at radius 1 is 0.886 bits per heavy atom. The summed E-state index contributed by atoms with van der Waals surface area (Å²) in [5.41, 5.74) is 0. The molecule has 0 saturated carbocycles. The van der Waals surface area contributed by atoms with Gasteiger partial charge in [0.1, 0.15) is 25.9 Å². The van der Waals surface area contributed by atoms with Crippen LogP contribution in [-0.4, -0.2) is 74.1 Å². The molecule has 35 heavy (non-hydrogen) atoms. The molecule has 0 fully saturated rings. The Hall–Kier alpha value is -1.02. The fourth-order valence-electron chi connectivity index (χ4n) is 3.04. The lowest BCUT2D eigenvalue weighted by molar-refractivity contribution is -0.870. The van der Waals surface area contributed by atoms with Crippen molar-refractivity contribution in [2.45, 2.75) is 90.1 Å². The fourth-order valence-corrected chi connectivity index (χ4v) is 3.79. The van der Waals surface area contributed by atoms with Crippen molar-refractivity contribution in [3.63, 3.8) is 0 Å². The van der Waals surface area contributed by atoms with Gasteiger partial charge in [-0.25, -0.2) is 4.57 Å². The van der Waals surface area contributed by atoms with Gasteiger partial charge in [-0.2, -0.15) is 0 Å². The van der Waals surface area contributed by atoms with E-state index in [1.807, 2.05) is 21.1 Å². The number of hydrogen-bond donors (Lipinski definition) is 2. The number of phosphoric acid groups is 1. The Labute approximate surface area is 213 Å². The molecule has 0 aromatic heterocycles. The molecule has 0 aliphatic carbocycles. The van der Waals surface area contributed by atoms with Crippen LogP contribution in [0.4, 0.5) is 0 Å². The Morgan fingerprint density at radius 2 is 1.49 bits per heavy atom. The number of ether oxygens (including phenoxy) is 1. The minimum absolute atomic E-state index is 0.0515. The van der Waals surface area contributed by atoms with Crippen molar-refractivity contribution in [1.82, 2.24) is 0 Å². The molecule has 0 bridgehead atoms. The topological polar surface area (TPSA) is 102 Å². The Balaban J connectivity index is 3.64. The molecule has 0 rings (SSSR count). The SMILES string of the molecule is CCCCC/C=C\C/C=C\CCCCCCCC(=O)OC[C@@H](O)COP(=O)(O)OCC[N+](C)(C)C. The van der Waals surface area contributed by atoms with E-state index in [-0.39, 0.29) is 19.2 Å². The molecule has 0 aliphatic rings. The predicted octanol–water partition coefficient (Wildman–Crippen LogP) is 5.54. The van der Waals surface area contributed by atoms with Crippen molar-refractivity contribution in [2.75, 3.05) is 47.5 Å². The monoisotopic (exact) mass is 520 g/mol. The van der Waals surface area contributed by atoms with Crippen LogP contribution >= 0.6 is 7.82 Å². The second kappa shape index (κ2) is 21.1. The van der Waals surface area contributed by atoms with Crippen molar-refractivity contribution in [1.29, 1.82) is 0 Å². The smallest absolute Gasteiger partial charge is 0.463 e. The first-order valence-electron chi connectivity index (χ1n) is 13.1. The number of esters is 1. The summed E-state index contributed by atoms with van der Waals surface area (Å²) < 4.78 is 27.0. The minimum atomic E-state index is -4.24. The van der Waals surface area contributed by atoms with E-state index in [1.165, 1.54) is 25.7 Å².